The van der Waals surface area contributed by atoms with Crippen molar-refractivity contribution in [1.82, 2.24) is 0 Å². The first kappa shape index (κ1) is 13.0. The molecule has 0 aliphatic heterocycles. The third-order valence-electron chi connectivity index (χ3n) is 3.00. The molecule has 0 fully saturated rings. The number of rotatable bonds is 7. The minimum atomic E-state index is 0.0723. The fraction of sp³-hybridized carbons (Fsp3) is 0.467. The van der Waals surface area contributed by atoms with Crippen molar-refractivity contribution in [1.29, 1.82) is 0 Å². The van der Waals surface area contributed by atoms with Crippen molar-refractivity contribution in [2.45, 2.75) is 39.0 Å². The zero-order chi connectivity index (χ0) is 11.8. The molecular weight excluding hydrogens is 196 g/mol. The van der Waals surface area contributed by atoms with Crippen molar-refractivity contribution in [3.05, 3.63) is 42.8 Å². The Bertz CT molecular complexity index is 302. The molecule has 0 spiro atoms. The molecule has 0 aliphatic rings. The van der Waals surface area contributed by atoms with Gasteiger partial charge in [0.1, 0.15) is 5.78 Å². The predicted molar refractivity (Wildman–Crippen MR) is 68.1 cm³/mol. The van der Waals surface area contributed by atoms with Gasteiger partial charge in [-0.3, -0.25) is 4.79 Å². The van der Waals surface area contributed by atoms with Gasteiger partial charge >= 0.3 is 0 Å². The van der Waals surface area contributed by atoms with Crippen LogP contribution in [0.2, 0.25) is 0 Å². The van der Waals surface area contributed by atoms with Crippen LogP contribution >= 0.6 is 0 Å². The van der Waals surface area contributed by atoms with Crippen LogP contribution in [0.25, 0.3) is 0 Å². The minimum absolute atomic E-state index is 0.0723. The summed E-state index contributed by atoms with van der Waals surface area (Å²) >= 11 is 0. The highest BCUT2D eigenvalue weighted by atomic mass is 16.1. The quantitative estimate of drug-likeness (QED) is 0.634. The maximum absolute atomic E-state index is 10.9. The van der Waals surface area contributed by atoms with Gasteiger partial charge in [0.05, 0.1) is 0 Å². The van der Waals surface area contributed by atoms with Gasteiger partial charge in [0.15, 0.2) is 0 Å². The third-order valence-corrected chi connectivity index (χ3v) is 3.00. The third kappa shape index (κ3) is 5.11. The molecule has 0 saturated heterocycles. The number of aryl methyl sites for hydroxylation is 1. The van der Waals surface area contributed by atoms with Crippen LogP contribution in [0.1, 0.15) is 38.2 Å². The first-order valence-electron chi connectivity index (χ1n) is 6.10. The minimum Gasteiger partial charge on any atom is -0.299 e. The maximum Gasteiger partial charge on any atom is 0.136 e. The smallest absolute Gasteiger partial charge is 0.136 e. The van der Waals surface area contributed by atoms with E-state index in [1.807, 2.05) is 13.0 Å². The highest BCUT2D eigenvalue weighted by Gasteiger charge is 2.06. The number of ketones is 1. The predicted octanol–water partition coefficient (Wildman–Crippen LogP) is 3.83. The van der Waals surface area contributed by atoms with Crippen molar-refractivity contribution in [2.75, 3.05) is 0 Å². The van der Waals surface area contributed by atoms with Gasteiger partial charge in [0.25, 0.3) is 0 Å². The van der Waals surface area contributed by atoms with E-state index in [1.165, 1.54) is 18.4 Å². The molecule has 1 radical (unpaired) electrons. The molecule has 87 valence electrons. The molecule has 0 amide bonds. The highest BCUT2D eigenvalue weighted by molar-refractivity contribution is 5.84. The molecule has 1 atom stereocenters. The van der Waals surface area contributed by atoms with E-state index in [0.717, 1.165) is 19.3 Å². The van der Waals surface area contributed by atoms with Crippen LogP contribution < -0.4 is 0 Å². The van der Waals surface area contributed by atoms with Crippen LogP contribution in [0.4, 0.5) is 0 Å². The SMILES string of the molecule is [CH2]C(=O)[C@@H](C)CCCCCc1ccccc1. The summed E-state index contributed by atoms with van der Waals surface area (Å²) in [5.74, 6) is 0.208. The van der Waals surface area contributed by atoms with Crippen LogP contribution in [-0.2, 0) is 11.2 Å². The van der Waals surface area contributed by atoms with E-state index in [-0.39, 0.29) is 11.7 Å². The molecule has 0 N–H and O–H groups in total. The van der Waals surface area contributed by atoms with E-state index in [0.29, 0.717) is 0 Å². The van der Waals surface area contributed by atoms with Crippen molar-refractivity contribution < 1.29 is 4.79 Å². The van der Waals surface area contributed by atoms with Crippen LogP contribution in [0.15, 0.2) is 30.3 Å². The number of hydrogen-bond acceptors (Lipinski definition) is 1. The van der Waals surface area contributed by atoms with E-state index < -0.39 is 0 Å². The second kappa shape index (κ2) is 7.21. The summed E-state index contributed by atoms with van der Waals surface area (Å²) in [6.07, 6.45) is 5.68. The molecule has 1 aromatic carbocycles. The Morgan fingerprint density at radius 2 is 1.88 bits per heavy atom. The number of benzene rings is 1. The van der Waals surface area contributed by atoms with Crippen molar-refractivity contribution in [3.8, 4) is 0 Å². The second-order valence-corrected chi connectivity index (χ2v) is 4.45. The standard InChI is InChI=1S/C15H21O/c1-13(14(2)16)9-5-3-6-10-15-11-7-4-8-12-15/h4,7-8,11-13H,2-3,5-6,9-10H2,1H3/t13-/m0/s1. The molecule has 1 aromatic rings. The van der Waals surface area contributed by atoms with Gasteiger partial charge in [-0.2, -0.15) is 0 Å². The fourth-order valence-electron chi connectivity index (χ4n) is 1.76. The van der Waals surface area contributed by atoms with Crippen LogP contribution in [0, 0.1) is 12.8 Å². The zero-order valence-electron chi connectivity index (χ0n) is 10.1. The topological polar surface area (TPSA) is 17.1 Å². The maximum atomic E-state index is 10.9. The molecular formula is C15H21O. The van der Waals surface area contributed by atoms with Gasteiger partial charge in [-0.15, -0.1) is 0 Å². The summed E-state index contributed by atoms with van der Waals surface area (Å²) in [6, 6.07) is 10.5. The molecule has 0 bridgehead atoms. The molecule has 0 unspecified atom stereocenters. The van der Waals surface area contributed by atoms with Gasteiger partial charge in [-0.05, 0) is 24.8 Å². The lowest BCUT2D eigenvalue weighted by Gasteiger charge is -2.06. The van der Waals surface area contributed by atoms with E-state index in [4.69, 9.17) is 0 Å². The average Bonchev–Trinajstić information content (AvgIpc) is 2.29. The first-order valence-corrected chi connectivity index (χ1v) is 6.10. The van der Waals surface area contributed by atoms with Crippen LogP contribution in [-0.4, -0.2) is 5.78 Å². The van der Waals surface area contributed by atoms with E-state index in [1.54, 1.807) is 0 Å². The number of Topliss-reactive ketones (excluding diaryl/α,β-unsaturated/α-hetero) is 1. The number of unbranched alkanes of at least 4 members (excludes halogenated alkanes) is 2. The normalized spacial score (nSPS) is 12.4. The summed E-state index contributed by atoms with van der Waals surface area (Å²) in [4.78, 5) is 10.9. The first-order chi connectivity index (χ1) is 7.70. The molecule has 1 heteroatoms. The van der Waals surface area contributed by atoms with Crippen molar-refractivity contribution in [3.63, 3.8) is 0 Å². The Kier molecular flexibility index (Phi) is 5.84. The van der Waals surface area contributed by atoms with Crippen LogP contribution in [0.3, 0.4) is 0 Å². The second-order valence-electron chi connectivity index (χ2n) is 4.45. The number of carbonyl (C=O) groups excluding carboxylic acids is 1. The Hall–Kier alpha value is -1.11. The van der Waals surface area contributed by atoms with E-state index in [9.17, 15) is 4.79 Å². The Balaban J connectivity index is 2.07. The molecule has 1 nitrogen and oxygen atoms in total. The fourth-order valence-corrected chi connectivity index (χ4v) is 1.76. The van der Waals surface area contributed by atoms with Crippen molar-refractivity contribution in [2.24, 2.45) is 5.92 Å². The summed E-state index contributed by atoms with van der Waals surface area (Å²) < 4.78 is 0. The number of hydrogen-bond donors (Lipinski definition) is 0. The monoisotopic (exact) mass is 217 g/mol. The number of carbonyl (C=O) groups is 1. The van der Waals surface area contributed by atoms with Gasteiger partial charge < -0.3 is 0 Å². The van der Waals surface area contributed by atoms with Crippen LogP contribution in [0.5, 0.6) is 0 Å². The zero-order valence-corrected chi connectivity index (χ0v) is 10.1. The molecule has 0 saturated carbocycles. The lowest BCUT2D eigenvalue weighted by Crippen LogP contribution is -2.05. The van der Waals surface area contributed by atoms with Gasteiger partial charge in [0, 0.05) is 12.8 Å². The largest absolute Gasteiger partial charge is 0.299 e. The Morgan fingerprint density at radius 3 is 2.50 bits per heavy atom. The van der Waals surface area contributed by atoms with E-state index in [2.05, 4.69) is 31.2 Å². The molecule has 1 rings (SSSR count). The Labute approximate surface area is 98.9 Å². The lowest BCUT2D eigenvalue weighted by atomic mass is 9.98. The molecule has 0 heterocycles. The molecule has 0 aromatic heterocycles. The van der Waals surface area contributed by atoms with Crippen molar-refractivity contribution >= 4 is 5.78 Å². The summed E-state index contributed by atoms with van der Waals surface area (Å²) in [5.41, 5.74) is 1.41. The molecule has 16 heavy (non-hydrogen) atoms. The highest BCUT2D eigenvalue weighted by Crippen LogP contribution is 2.12. The molecule has 0 aliphatic carbocycles. The summed E-state index contributed by atoms with van der Waals surface area (Å²) in [5, 5.41) is 0. The van der Waals surface area contributed by atoms with E-state index >= 15 is 0 Å². The Morgan fingerprint density at radius 1 is 1.19 bits per heavy atom. The summed E-state index contributed by atoms with van der Waals surface area (Å²) in [6.45, 7) is 5.41. The summed E-state index contributed by atoms with van der Waals surface area (Å²) in [7, 11) is 0. The lowest BCUT2D eigenvalue weighted by molar-refractivity contribution is -0.118. The van der Waals surface area contributed by atoms with Gasteiger partial charge in [-0.25, -0.2) is 0 Å². The van der Waals surface area contributed by atoms with Gasteiger partial charge in [0.2, 0.25) is 0 Å². The average molecular weight is 217 g/mol. The van der Waals surface area contributed by atoms with Gasteiger partial charge in [-0.1, -0.05) is 50.1 Å².